The highest BCUT2D eigenvalue weighted by Crippen LogP contribution is 2.27. The third-order valence-electron chi connectivity index (χ3n) is 4.02. The Bertz CT molecular complexity index is 984. The number of anilines is 1. The predicted octanol–water partition coefficient (Wildman–Crippen LogP) is 4.89. The van der Waals surface area contributed by atoms with Crippen molar-refractivity contribution in [3.63, 3.8) is 0 Å². The number of rotatable bonds is 8. The summed E-state index contributed by atoms with van der Waals surface area (Å²) in [6, 6.07) is 15.9. The highest BCUT2D eigenvalue weighted by molar-refractivity contribution is 7.99. The number of aryl methyl sites for hydroxylation is 1. The number of allylic oxidation sites excluding steroid dienone is 1. The molecule has 0 radical (unpaired) electrons. The van der Waals surface area contributed by atoms with E-state index in [1.165, 1.54) is 11.8 Å². The molecule has 0 aliphatic carbocycles. The zero-order valence-corrected chi connectivity index (χ0v) is 17.5. The van der Waals surface area contributed by atoms with Gasteiger partial charge >= 0.3 is 0 Å². The largest absolute Gasteiger partial charge is 0.324 e. The van der Waals surface area contributed by atoms with E-state index in [2.05, 4.69) is 28.2 Å². The standard InChI is InChI=1S/C21H22N4OS2/c1-4-12-25-20(16-9-7-8-15(2)13-16)23-24-21(25)28-14-19(26)22-17-10-5-6-11-18(17)27-3/h4-11,13H,1,12,14H2,2-3H3,(H,22,26). The van der Waals surface area contributed by atoms with E-state index in [4.69, 9.17) is 0 Å². The molecular formula is C21H22N4OS2. The summed E-state index contributed by atoms with van der Waals surface area (Å²) >= 11 is 2.97. The van der Waals surface area contributed by atoms with Gasteiger partial charge in [0.25, 0.3) is 0 Å². The predicted molar refractivity (Wildman–Crippen MR) is 118 cm³/mol. The summed E-state index contributed by atoms with van der Waals surface area (Å²) in [7, 11) is 0. The van der Waals surface area contributed by atoms with Crippen molar-refractivity contribution in [1.29, 1.82) is 0 Å². The van der Waals surface area contributed by atoms with Gasteiger partial charge in [0.2, 0.25) is 5.91 Å². The molecule has 0 bridgehead atoms. The van der Waals surface area contributed by atoms with Crippen LogP contribution in [0.4, 0.5) is 5.69 Å². The van der Waals surface area contributed by atoms with Crippen LogP contribution >= 0.6 is 23.5 Å². The van der Waals surface area contributed by atoms with E-state index in [0.717, 1.165) is 27.5 Å². The average Bonchev–Trinajstić information content (AvgIpc) is 3.10. The zero-order valence-electron chi connectivity index (χ0n) is 15.9. The molecule has 0 atom stereocenters. The van der Waals surface area contributed by atoms with Crippen LogP contribution in [0, 0.1) is 6.92 Å². The van der Waals surface area contributed by atoms with Crippen LogP contribution in [0.15, 0.2) is 71.2 Å². The molecule has 1 N–H and O–H groups in total. The molecule has 0 unspecified atom stereocenters. The highest BCUT2D eigenvalue weighted by Gasteiger charge is 2.15. The SMILES string of the molecule is C=CCn1c(SCC(=O)Nc2ccccc2SC)nnc1-c1cccc(C)c1. The highest BCUT2D eigenvalue weighted by atomic mass is 32.2. The van der Waals surface area contributed by atoms with Crippen LogP contribution in [-0.2, 0) is 11.3 Å². The van der Waals surface area contributed by atoms with Crippen molar-refractivity contribution < 1.29 is 4.79 Å². The van der Waals surface area contributed by atoms with Crippen molar-refractivity contribution in [1.82, 2.24) is 14.8 Å². The number of nitrogens with zero attached hydrogens (tertiary/aromatic N) is 3. The monoisotopic (exact) mass is 410 g/mol. The Labute approximate surface area is 173 Å². The quantitative estimate of drug-likeness (QED) is 0.423. The van der Waals surface area contributed by atoms with Crippen LogP contribution in [0.2, 0.25) is 0 Å². The van der Waals surface area contributed by atoms with Gasteiger partial charge in [0.15, 0.2) is 11.0 Å². The maximum Gasteiger partial charge on any atom is 0.234 e. The third-order valence-corrected chi connectivity index (χ3v) is 5.78. The van der Waals surface area contributed by atoms with E-state index < -0.39 is 0 Å². The Morgan fingerprint density at radius 1 is 1.21 bits per heavy atom. The molecule has 1 heterocycles. The van der Waals surface area contributed by atoms with Gasteiger partial charge in [-0.3, -0.25) is 9.36 Å². The minimum atomic E-state index is -0.0724. The second-order valence-electron chi connectivity index (χ2n) is 6.11. The smallest absolute Gasteiger partial charge is 0.234 e. The summed E-state index contributed by atoms with van der Waals surface area (Å²) in [5, 5.41) is 12.3. The lowest BCUT2D eigenvalue weighted by Gasteiger charge is -2.10. The van der Waals surface area contributed by atoms with Crippen molar-refractivity contribution in [2.45, 2.75) is 23.5 Å². The molecule has 3 aromatic rings. The van der Waals surface area contributed by atoms with E-state index in [1.54, 1.807) is 11.8 Å². The molecule has 2 aromatic carbocycles. The number of carbonyl (C=O) groups excluding carboxylic acids is 1. The first kappa shape index (κ1) is 20.2. The molecular weight excluding hydrogens is 388 g/mol. The number of benzene rings is 2. The molecule has 0 spiro atoms. The summed E-state index contributed by atoms with van der Waals surface area (Å²) in [5.74, 6) is 0.960. The first-order valence-corrected chi connectivity index (χ1v) is 11.0. The maximum atomic E-state index is 12.4. The molecule has 0 aliphatic heterocycles. The van der Waals surface area contributed by atoms with E-state index in [9.17, 15) is 4.79 Å². The Kier molecular flexibility index (Phi) is 6.95. The molecule has 7 heteroatoms. The number of carbonyl (C=O) groups is 1. The number of hydrogen-bond donors (Lipinski definition) is 1. The second kappa shape index (κ2) is 9.61. The summed E-state index contributed by atoms with van der Waals surface area (Å²) < 4.78 is 1.98. The van der Waals surface area contributed by atoms with E-state index >= 15 is 0 Å². The number of hydrogen-bond acceptors (Lipinski definition) is 5. The fourth-order valence-electron chi connectivity index (χ4n) is 2.75. The number of thioether (sulfide) groups is 2. The average molecular weight is 411 g/mol. The fraction of sp³-hybridized carbons (Fsp3) is 0.190. The number of para-hydroxylation sites is 1. The van der Waals surface area contributed by atoms with E-state index in [-0.39, 0.29) is 11.7 Å². The van der Waals surface area contributed by atoms with Crippen molar-refractivity contribution in [3.05, 3.63) is 66.7 Å². The lowest BCUT2D eigenvalue weighted by Crippen LogP contribution is -2.15. The normalized spacial score (nSPS) is 10.6. The van der Waals surface area contributed by atoms with Crippen molar-refractivity contribution in [3.8, 4) is 11.4 Å². The molecule has 5 nitrogen and oxygen atoms in total. The minimum absolute atomic E-state index is 0.0724. The van der Waals surface area contributed by atoms with Crippen molar-refractivity contribution in [2.24, 2.45) is 0 Å². The Hall–Kier alpha value is -2.51. The van der Waals surface area contributed by atoms with Gasteiger partial charge in [-0.2, -0.15) is 0 Å². The van der Waals surface area contributed by atoms with Gasteiger partial charge in [-0.05, 0) is 31.4 Å². The number of nitrogens with one attached hydrogen (secondary N) is 1. The molecule has 0 aliphatic rings. The van der Waals surface area contributed by atoms with Gasteiger partial charge < -0.3 is 5.32 Å². The summed E-state index contributed by atoms with van der Waals surface area (Å²) in [6.45, 7) is 6.46. The minimum Gasteiger partial charge on any atom is -0.324 e. The van der Waals surface area contributed by atoms with Crippen molar-refractivity contribution in [2.75, 3.05) is 17.3 Å². The van der Waals surface area contributed by atoms with E-state index in [1.807, 2.05) is 66.3 Å². The van der Waals surface area contributed by atoms with Crippen LogP contribution in [0.5, 0.6) is 0 Å². The van der Waals surface area contributed by atoms with Crippen LogP contribution in [0.3, 0.4) is 0 Å². The van der Waals surface area contributed by atoms with Gasteiger partial charge in [-0.1, -0.05) is 53.7 Å². The van der Waals surface area contributed by atoms with Gasteiger partial charge in [-0.15, -0.1) is 28.5 Å². The Morgan fingerprint density at radius 2 is 2.04 bits per heavy atom. The first-order chi connectivity index (χ1) is 13.6. The van der Waals surface area contributed by atoms with Gasteiger partial charge in [-0.25, -0.2) is 0 Å². The fourth-order valence-corrected chi connectivity index (χ4v) is 4.05. The lowest BCUT2D eigenvalue weighted by atomic mass is 10.1. The molecule has 0 saturated heterocycles. The number of amides is 1. The molecule has 144 valence electrons. The van der Waals surface area contributed by atoms with Gasteiger partial charge in [0.1, 0.15) is 0 Å². The van der Waals surface area contributed by atoms with Crippen LogP contribution < -0.4 is 5.32 Å². The van der Waals surface area contributed by atoms with Crippen LogP contribution in [0.1, 0.15) is 5.56 Å². The van der Waals surface area contributed by atoms with Crippen LogP contribution in [0.25, 0.3) is 11.4 Å². The molecule has 3 rings (SSSR count). The maximum absolute atomic E-state index is 12.4. The molecule has 1 amide bonds. The molecule has 1 aromatic heterocycles. The number of aromatic nitrogens is 3. The molecule has 0 fully saturated rings. The van der Waals surface area contributed by atoms with Crippen molar-refractivity contribution >= 4 is 35.1 Å². The Morgan fingerprint density at radius 3 is 2.79 bits per heavy atom. The second-order valence-corrected chi connectivity index (χ2v) is 7.90. The lowest BCUT2D eigenvalue weighted by molar-refractivity contribution is -0.113. The topological polar surface area (TPSA) is 59.8 Å². The summed E-state index contributed by atoms with van der Waals surface area (Å²) in [5.41, 5.74) is 2.99. The Balaban J connectivity index is 1.73. The van der Waals surface area contributed by atoms with E-state index in [0.29, 0.717) is 11.7 Å². The molecule has 0 saturated carbocycles. The van der Waals surface area contributed by atoms with Gasteiger partial charge in [0.05, 0.1) is 11.4 Å². The first-order valence-electron chi connectivity index (χ1n) is 8.79. The van der Waals surface area contributed by atoms with Gasteiger partial charge in [0, 0.05) is 17.0 Å². The zero-order chi connectivity index (χ0) is 19.9. The summed E-state index contributed by atoms with van der Waals surface area (Å²) in [4.78, 5) is 13.5. The van der Waals surface area contributed by atoms with Crippen LogP contribution in [-0.4, -0.2) is 32.7 Å². The third kappa shape index (κ3) is 4.85. The summed E-state index contributed by atoms with van der Waals surface area (Å²) in [6.07, 6.45) is 3.80. The molecule has 28 heavy (non-hydrogen) atoms.